The summed E-state index contributed by atoms with van der Waals surface area (Å²) < 4.78 is 10.9. The summed E-state index contributed by atoms with van der Waals surface area (Å²) in [5, 5.41) is 0. The number of unbranched alkanes of at least 4 members (excludes halogenated alkanes) is 1. The third-order valence-electron chi connectivity index (χ3n) is 3.08. The number of nitrogens with two attached hydrogens (primary N) is 1. The molecular weight excluding hydrogens is 238 g/mol. The lowest BCUT2D eigenvalue weighted by Gasteiger charge is -2.16. The van der Waals surface area contributed by atoms with E-state index in [1.54, 1.807) is 14.2 Å². The van der Waals surface area contributed by atoms with E-state index in [1.165, 1.54) is 5.56 Å². The normalized spacial score (nSPS) is 12.0. The molecule has 2 N–H and O–H groups in total. The minimum atomic E-state index is 0.102. The van der Waals surface area contributed by atoms with Crippen molar-refractivity contribution in [1.29, 1.82) is 0 Å². The molecule has 106 valence electrons. The molecule has 0 fully saturated rings. The van der Waals surface area contributed by atoms with Crippen molar-refractivity contribution in [3.8, 4) is 11.5 Å². The maximum Gasteiger partial charge on any atom is 0.122 e. The lowest BCUT2D eigenvalue weighted by molar-refractivity contribution is 0.393. The topological polar surface area (TPSA) is 44.5 Å². The Morgan fingerprint density at radius 2 is 1.79 bits per heavy atom. The number of ether oxygens (including phenoxy) is 2. The lowest BCUT2D eigenvalue weighted by atomic mass is 10.00. The van der Waals surface area contributed by atoms with Crippen LogP contribution in [0, 0.1) is 0 Å². The van der Waals surface area contributed by atoms with Crippen molar-refractivity contribution in [3.63, 3.8) is 0 Å². The van der Waals surface area contributed by atoms with E-state index in [2.05, 4.69) is 12.6 Å². The molecule has 0 aliphatic carbocycles. The van der Waals surface area contributed by atoms with Crippen molar-refractivity contribution in [3.05, 3.63) is 35.9 Å². The first-order valence-electron chi connectivity index (χ1n) is 6.72. The molecule has 1 unspecified atom stereocenters. The van der Waals surface area contributed by atoms with Gasteiger partial charge in [0.25, 0.3) is 0 Å². The number of allylic oxidation sites excluding steroid dienone is 1. The second-order valence-corrected chi connectivity index (χ2v) is 4.84. The predicted octanol–water partition coefficient (Wildman–Crippen LogP) is 3.10. The largest absolute Gasteiger partial charge is 0.496 e. The van der Waals surface area contributed by atoms with Gasteiger partial charge < -0.3 is 15.2 Å². The molecular formula is C16H25NO2. The molecule has 1 atom stereocenters. The fourth-order valence-corrected chi connectivity index (χ4v) is 2.16. The van der Waals surface area contributed by atoms with Gasteiger partial charge in [0, 0.05) is 6.04 Å². The second kappa shape index (κ2) is 7.85. The molecule has 0 aromatic heterocycles. The van der Waals surface area contributed by atoms with Crippen molar-refractivity contribution in [1.82, 2.24) is 0 Å². The number of aryl methyl sites for hydroxylation is 1. The van der Waals surface area contributed by atoms with Gasteiger partial charge in [0.2, 0.25) is 0 Å². The molecule has 0 saturated carbocycles. The van der Waals surface area contributed by atoms with Crippen LogP contribution in [0.25, 0.3) is 0 Å². The highest BCUT2D eigenvalue weighted by molar-refractivity contribution is 5.47. The van der Waals surface area contributed by atoms with Crippen LogP contribution < -0.4 is 15.2 Å². The van der Waals surface area contributed by atoms with Crippen LogP contribution in [0.5, 0.6) is 11.5 Å². The summed E-state index contributed by atoms with van der Waals surface area (Å²) in [5.41, 5.74) is 8.14. The molecule has 0 spiro atoms. The van der Waals surface area contributed by atoms with Crippen molar-refractivity contribution in [2.24, 2.45) is 5.73 Å². The minimum absolute atomic E-state index is 0.102. The monoisotopic (exact) mass is 263 g/mol. The van der Waals surface area contributed by atoms with Crippen LogP contribution >= 0.6 is 0 Å². The van der Waals surface area contributed by atoms with Crippen LogP contribution in [0.15, 0.2) is 24.8 Å². The molecule has 0 saturated heterocycles. The first-order chi connectivity index (χ1) is 9.12. The van der Waals surface area contributed by atoms with E-state index in [0.717, 1.165) is 42.7 Å². The number of hydrogen-bond acceptors (Lipinski definition) is 3. The molecule has 0 bridgehead atoms. The van der Waals surface area contributed by atoms with Crippen molar-refractivity contribution < 1.29 is 9.47 Å². The van der Waals surface area contributed by atoms with E-state index in [0.29, 0.717) is 0 Å². The van der Waals surface area contributed by atoms with Crippen molar-refractivity contribution in [2.45, 2.75) is 38.6 Å². The van der Waals surface area contributed by atoms with Crippen molar-refractivity contribution >= 4 is 0 Å². The molecule has 3 heteroatoms. The third-order valence-corrected chi connectivity index (χ3v) is 3.08. The average molecular weight is 263 g/mol. The highest BCUT2D eigenvalue weighted by Crippen LogP contribution is 2.30. The Morgan fingerprint density at radius 1 is 1.21 bits per heavy atom. The van der Waals surface area contributed by atoms with Crippen LogP contribution in [0.2, 0.25) is 0 Å². The Balaban J connectivity index is 3.00. The predicted molar refractivity (Wildman–Crippen MR) is 80.0 cm³/mol. The SMILES string of the molecule is C=CCCCc1cc(OC)c(CC(C)N)cc1OC. The fraction of sp³-hybridized carbons (Fsp3) is 0.500. The highest BCUT2D eigenvalue weighted by Gasteiger charge is 2.12. The smallest absolute Gasteiger partial charge is 0.122 e. The maximum atomic E-state index is 5.87. The zero-order valence-corrected chi connectivity index (χ0v) is 12.2. The Kier molecular flexibility index (Phi) is 6.43. The van der Waals surface area contributed by atoms with Gasteiger partial charge in [-0.05, 0) is 55.9 Å². The van der Waals surface area contributed by atoms with E-state index in [4.69, 9.17) is 15.2 Å². The van der Waals surface area contributed by atoms with Crippen LogP contribution in [-0.4, -0.2) is 20.3 Å². The third kappa shape index (κ3) is 4.60. The summed E-state index contributed by atoms with van der Waals surface area (Å²) >= 11 is 0. The number of methoxy groups -OCH3 is 2. The molecule has 0 aliphatic rings. The summed E-state index contributed by atoms with van der Waals surface area (Å²) in [6.45, 7) is 5.74. The number of benzene rings is 1. The first-order valence-corrected chi connectivity index (χ1v) is 6.72. The van der Waals surface area contributed by atoms with Gasteiger partial charge in [-0.1, -0.05) is 6.08 Å². The van der Waals surface area contributed by atoms with Crippen molar-refractivity contribution in [2.75, 3.05) is 14.2 Å². The van der Waals surface area contributed by atoms with Crippen LogP contribution in [0.3, 0.4) is 0 Å². The summed E-state index contributed by atoms with van der Waals surface area (Å²) in [4.78, 5) is 0. The van der Waals surface area contributed by atoms with Gasteiger partial charge in [-0.25, -0.2) is 0 Å². The minimum Gasteiger partial charge on any atom is -0.496 e. The van der Waals surface area contributed by atoms with Gasteiger partial charge in [0.15, 0.2) is 0 Å². The summed E-state index contributed by atoms with van der Waals surface area (Å²) in [7, 11) is 3.40. The second-order valence-electron chi connectivity index (χ2n) is 4.84. The van der Waals surface area contributed by atoms with Gasteiger partial charge in [0.1, 0.15) is 11.5 Å². The molecule has 0 aliphatic heterocycles. The molecule has 1 aromatic carbocycles. The van der Waals surface area contributed by atoms with Crippen LogP contribution in [0.1, 0.15) is 30.9 Å². The zero-order valence-electron chi connectivity index (χ0n) is 12.2. The summed E-state index contributed by atoms with van der Waals surface area (Å²) in [6, 6.07) is 4.22. The number of rotatable bonds is 8. The Bertz CT molecular complexity index is 413. The summed E-state index contributed by atoms with van der Waals surface area (Å²) in [6.07, 6.45) is 5.76. The van der Waals surface area contributed by atoms with E-state index in [9.17, 15) is 0 Å². The van der Waals surface area contributed by atoms with Gasteiger partial charge in [-0.15, -0.1) is 6.58 Å². The standard InChI is InChI=1S/C16H25NO2/c1-5-6-7-8-13-10-16(19-4)14(9-12(2)17)11-15(13)18-3/h5,10-12H,1,6-9,17H2,2-4H3. The molecule has 0 amide bonds. The van der Waals surface area contributed by atoms with E-state index < -0.39 is 0 Å². The van der Waals surface area contributed by atoms with Crippen LogP contribution in [0.4, 0.5) is 0 Å². The molecule has 0 radical (unpaired) electrons. The highest BCUT2D eigenvalue weighted by atomic mass is 16.5. The molecule has 19 heavy (non-hydrogen) atoms. The Labute approximate surface area is 116 Å². The van der Waals surface area contributed by atoms with Gasteiger partial charge >= 0.3 is 0 Å². The lowest BCUT2D eigenvalue weighted by Crippen LogP contribution is -2.18. The molecule has 0 heterocycles. The number of hydrogen-bond donors (Lipinski definition) is 1. The Morgan fingerprint density at radius 3 is 2.32 bits per heavy atom. The van der Waals surface area contributed by atoms with E-state index >= 15 is 0 Å². The van der Waals surface area contributed by atoms with E-state index in [1.807, 2.05) is 19.1 Å². The van der Waals surface area contributed by atoms with Crippen LogP contribution in [-0.2, 0) is 12.8 Å². The zero-order chi connectivity index (χ0) is 14.3. The van der Waals surface area contributed by atoms with Gasteiger partial charge in [0.05, 0.1) is 14.2 Å². The summed E-state index contributed by atoms with van der Waals surface area (Å²) in [5.74, 6) is 1.81. The molecule has 1 rings (SSSR count). The maximum absolute atomic E-state index is 5.87. The molecule has 3 nitrogen and oxygen atoms in total. The molecule has 1 aromatic rings. The van der Waals surface area contributed by atoms with Gasteiger partial charge in [-0.3, -0.25) is 0 Å². The van der Waals surface area contributed by atoms with E-state index in [-0.39, 0.29) is 6.04 Å². The van der Waals surface area contributed by atoms with Gasteiger partial charge in [-0.2, -0.15) is 0 Å². The first kappa shape index (κ1) is 15.6. The average Bonchev–Trinajstić information content (AvgIpc) is 2.39. The Hall–Kier alpha value is -1.48. The quantitative estimate of drug-likeness (QED) is 0.579. The fourth-order valence-electron chi connectivity index (χ4n) is 2.16.